The van der Waals surface area contributed by atoms with Crippen LogP contribution in [0.3, 0.4) is 0 Å². The van der Waals surface area contributed by atoms with Crippen molar-refractivity contribution in [2.45, 2.75) is 0 Å². The monoisotopic (exact) mass is 332 g/mol. The van der Waals surface area contributed by atoms with E-state index in [2.05, 4.69) is 15.0 Å². The minimum Gasteiger partial charge on any atom is -0.379 e. The number of nitrogen functional groups attached to an aromatic ring is 1. The maximum absolute atomic E-state index is 14.4. The van der Waals surface area contributed by atoms with Gasteiger partial charge in [0.1, 0.15) is 11.3 Å². The van der Waals surface area contributed by atoms with Crippen molar-refractivity contribution >= 4 is 16.7 Å². The molecule has 0 spiro atoms. The Labute approximate surface area is 142 Å². The molecule has 0 saturated carbocycles. The molecule has 0 bridgehead atoms. The quantitative estimate of drug-likeness (QED) is 0.589. The number of fused-ring (bicyclic) bond motifs is 1. The Balaban J connectivity index is 2.03. The molecule has 4 rings (SSSR count). The fourth-order valence-electron chi connectivity index (χ4n) is 2.77. The van der Waals surface area contributed by atoms with Gasteiger partial charge in [-0.3, -0.25) is 9.78 Å². The molecule has 3 N–H and O–H groups in total. The molecule has 0 unspecified atom stereocenters. The van der Waals surface area contributed by atoms with Gasteiger partial charge >= 0.3 is 0 Å². The first-order valence-corrected chi connectivity index (χ1v) is 7.63. The lowest BCUT2D eigenvalue weighted by atomic mass is 10.0. The van der Waals surface area contributed by atoms with E-state index in [1.54, 1.807) is 18.2 Å². The number of halogens is 1. The summed E-state index contributed by atoms with van der Waals surface area (Å²) in [7, 11) is 0. The van der Waals surface area contributed by atoms with E-state index in [9.17, 15) is 9.18 Å². The van der Waals surface area contributed by atoms with Crippen LogP contribution in [0.25, 0.3) is 33.4 Å². The molecule has 0 saturated heterocycles. The molecular formula is C19H13FN4O. The highest BCUT2D eigenvalue weighted by atomic mass is 19.1. The van der Waals surface area contributed by atoms with Crippen LogP contribution < -0.4 is 11.3 Å². The number of aromatic nitrogens is 3. The largest absolute Gasteiger partial charge is 0.379 e. The number of hydrogen-bond acceptors (Lipinski definition) is 4. The average Bonchev–Trinajstić information content (AvgIpc) is 2.64. The van der Waals surface area contributed by atoms with Gasteiger partial charge < -0.3 is 10.7 Å². The van der Waals surface area contributed by atoms with Crippen molar-refractivity contribution in [1.29, 1.82) is 0 Å². The van der Waals surface area contributed by atoms with E-state index in [0.29, 0.717) is 22.3 Å². The van der Waals surface area contributed by atoms with Crippen LogP contribution in [0.5, 0.6) is 0 Å². The Morgan fingerprint density at radius 2 is 1.80 bits per heavy atom. The minimum absolute atomic E-state index is 0.134. The SMILES string of the molecule is Nc1nc(-c2ccccc2)c(-c2cc(F)c3ncccc3c2)[nH]c1=O. The molecule has 0 fully saturated rings. The highest BCUT2D eigenvalue weighted by Gasteiger charge is 2.15. The third-order valence-corrected chi connectivity index (χ3v) is 3.93. The number of hydrogen-bond donors (Lipinski definition) is 2. The van der Waals surface area contributed by atoms with Crippen molar-refractivity contribution in [3.8, 4) is 22.5 Å². The molecule has 25 heavy (non-hydrogen) atoms. The van der Waals surface area contributed by atoms with E-state index in [0.717, 1.165) is 5.56 Å². The number of nitrogens with one attached hydrogen (secondary N) is 1. The molecular weight excluding hydrogens is 319 g/mol. The van der Waals surface area contributed by atoms with Gasteiger partial charge in [0, 0.05) is 22.7 Å². The summed E-state index contributed by atoms with van der Waals surface area (Å²) in [6, 6.07) is 15.9. The van der Waals surface area contributed by atoms with E-state index >= 15 is 0 Å². The lowest BCUT2D eigenvalue weighted by Crippen LogP contribution is -2.16. The van der Waals surface area contributed by atoms with E-state index in [4.69, 9.17) is 5.73 Å². The lowest BCUT2D eigenvalue weighted by molar-refractivity contribution is 0.637. The highest BCUT2D eigenvalue weighted by Crippen LogP contribution is 2.31. The second-order valence-electron chi connectivity index (χ2n) is 5.57. The Morgan fingerprint density at radius 3 is 2.60 bits per heavy atom. The summed E-state index contributed by atoms with van der Waals surface area (Å²) in [4.78, 5) is 23.0. The molecule has 5 nitrogen and oxygen atoms in total. The summed E-state index contributed by atoms with van der Waals surface area (Å²) in [6.07, 6.45) is 1.53. The smallest absolute Gasteiger partial charge is 0.290 e. The number of benzene rings is 2. The van der Waals surface area contributed by atoms with Crippen molar-refractivity contribution < 1.29 is 4.39 Å². The molecule has 2 aromatic heterocycles. The van der Waals surface area contributed by atoms with Crippen LogP contribution in [0.1, 0.15) is 0 Å². The predicted molar refractivity (Wildman–Crippen MR) is 95.4 cm³/mol. The summed E-state index contributed by atoms with van der Waals surface area (Å²) >= 11 is 0. The van der Waals surface area contributed by atoms with Gasteiger partial charge in [-0.1, -0.05) is 36.4 Å². The number of anilines is 1. The first-order chi connectivity index (χ1) is 12.1. The van der Waals surface area contributed by atoms with Gasteiger partial charge in [0.25, 0.3) is 5.56 Å². The zero-order valence-electron chi connectivity index (χ0n) is 13.0. The minimum atomic E-state index is -0.513. The van der Waals surface area contributed by atoms with Crippen molar-refractivity contribution in [1.82, 2.24) is 15.0 Å². The fourth-order valence-corrected chi connectivity index (χ4v) is 2.77. The van der Waals surface area contributed by atoms with Crippen LogP contribution in [0, 0.1) is 5.82 Å². The number of rotatable bonds is 2. The van der Waals surface area contributed by atoms with Gasteiger partial charge in [0.2, 0.25) is 0 Å². The fraction of sp³-hybridized carbons (Fsp3) is 0. The Hall–Kier alpha value is -3.54. The molecule has 0 amide bonds. The van der Waals surface area contributed by atoms with Gasteiger partial charge in [-0.2, -0.15) is 0 Å². The summed E-state index contributed by atoms with van der Waals surface area (Å²) in [5, 5.41) is 0.634. The van der Waals surface area contributed by atoms with Gasteiger partial charge in [0.05, 0.1) is 11.4 Å². The van der Waals surface area contributed by atoms with Crippen LogP contribution in [0.15, 0.2) is 65.6 Å². The van der Waals surface area contributed by atoms with Crippen molar-refractivity contribution in [2.24, 2.45) is 0 Å². The van der Waals surface area contributed by atoms with Crippen molar-refractivity contribution in [3.05, 3.63) is 77.0 Å². The molecule has 2 aromatic carbocycles. The zero-order chi connectivity index (χ0) is 17.4. The first-order valence-electron chi connectivity index (χ1n) is 7.63. The van der Waals surface area contributed by atoms with Gasteiger partial charge in [0.15, 0.2) is 5.82 Å². The van der Waals surface area contributed by atoms with E-state index in [-0.39, 0.29) is 11.3 Å². The third-order valence-electron chi connectivity index (χ3n) is 3.93. The van der Waals surface area contributed by atoms with Gasteiger partial charge in [-0.25, -0.2) is 9.37 Å². The zero-order valence-corrected chi connectivity index (χ0v) is 13.0. The molecule has 0 radical (unpaired) electrons. The predicted octanol–water partition coefficient (Wildman–Crippen LogP) is 3.37. The van der Waals surface area contributed by atoms with Crippen LogP contribution in [-0.4, -0.2) is 15.0 Å². The summed E-state index contributed by atoms with van der Waals surface area (Å²) < 4.78 is 14.4. The molecule has 122 valence electrons. The summed E-state index contributed by atoms with van der Waals surface area (Å²) in [6.45, 7) is 0. The van der Waals surface area contributed by atoms with Crippen molar-refractivity contribution in [3.63, 3.8) is 0 Å². The van der Waals surface area contributed by atoms with Crippen LogP contribution >= 0.6 is 0 Å². The van der Waals surface area contributed by atoms with Crippen LogP contribution in [0.4, 0.5) is 10.2 Å². The van der Waals surface area contributed by atoms with E-state index in [1.165, 1.54) is 12.3 Å². The number of aromatic amines is 1. The first kappa shape index (κ1) is 15.0. The molecule has 0 aliphatic carbocycles. The third kappa shape index (κ3) is 2.63. The maximum atomic E-state index is 14.4. The molecule has 0 atom stereocenters. The normalized spacial score (nSPS) is 10.9. The number of nitrogens with zero attached hydrogens (tertiary/aromatic N) is 2. The average molecular weight is 332 g/mol. The number of pyridine rings is 1. The molecule has 6 heteroatoms. The Kier molecular flexibility index (Phi) is 3.50. The number of H-pyrrole nitrogens is 1. The molecule has 0 aliphatic heterocycles. The van der Waals surface area contributed by atoms with E-state index < -0.39 is 11.4 Å². The number of nitrogens with two attached hydrogens (primary N) is 1. The highest BCUT2D eigenvalue weighted by molar-refractivity contribution is 5.87. The molecule has 4 aromatic rings. The van der Waals surface area contributed by atoms with Crippen molar-refractivity contribution in [2.75, 3.05) is 5.73 Å². The molecule has 2 heterocycles. The standard InChI is InChI=1S/C19H13FN4O/c20-14-10-13(9-12-7-4-8-22-15(12)14)17-16(11-5-2-1-3-6-11)23-18(21)19(25)24-17/h1-10H,(H2,21,23)(H,24,25). The molecule has 0 aliphatic rings. The Morgan fingerprint density at radius 1 is 1.00 bits per heavy atom. The van der Waals surface area contributed by atoms with Gasteiger partial charge in [-0.15, -0.1) is 0 Å². The van der Waals surface area contributed by atoms with Crippen LogP contribution in [0.2, 0.25) is 0 Å². The van der Waals surface area contributed by atoms with Gasteiger partial charge in [-0.05, 0) is 18.2 Å². The summed E-state index contributed by atoms with van der Waals surface area (Å²) in [5.74, 6) is -0.602. The second kappa shape index (κ2) is 5.83. The lowest BCUT2D eigenvalue weighted by Gasteiger charge is -2.11. The second-order valence-corrected chi connectivity index (χ2v) is 5.57. The van der Waals surface area contributed by atoms with E-state index in [1.807, 2.05) is 30.3 Å². The topological polar surface area (TPSA) is 84.7 Å². The summed E-state index contributed by atoms with van der Waals surface area (Å²) in [5.41, 5.74) is 7.62. The Bertz CT molecular complexity index is 1140. The van der Waals surface area contributed by atoms with Crippen LogP contribution in [-0.2, 0) is 0 Å². The maximum Gasteiger partial charge on any atom is 0.290 e.